The van der Waals surface area contributed by atoms with Crippen LogP contribution in [0.25, 0.3) is 0 Å². The van der Waals surface area contributed by atoms with Crippen LogP contribution in [0, 0.1) is 0 Å². The van der Waals surface area contributed by atoms with Crippen molar-refractivity contribution in [2.75, 3.05) is 7.05 Å². The summed E-state index contributed by atoms with van der Waals surface area (Å²) in [5.74, 6) is 0.456. The Kier molecular flexibility index (Phi) is 4.51. The molecule has 0 fully saturated rings. The summed E-state index contributed by atoms with van der Waals surface area (Å²) in [5.41, 5.74) is 4.16. The molecule has 2 aromatic rings. The smallest absolute Gasteiger partial charge is 0.0408 e. The van der Waals surface area contributed by atoms with E-state index >= 15 is 0 Å². The summed E-state index contributed by atoms with van der Waals surface area (Å²) < 4.78 is 0. The number of hydrogen-bond donors (Lipinski definition) is 1. The maximum atomic E-state index is 6.10. The maximum Gasteiger partial charge on any atom is 0.0408 e. The molecule has 0 spiro atoms. The lowest BCUT2D eigenvalue weighted by Crippen LogP contribution is -2.13. The Hall–Kier alpha value is -1.02. The summed E-state index contributed by atoms with van der Waals surface area (Å²) >= 11 is 6.10. The number of benzene rings is 2. The largest absolute Gasteiger partial charge is 0.313 e. The highest BCUT2D eigenvalue weighted by atomic mass is 35.5. The van der Waals surface area contributed by atoms with Gasteiger partial charge in [-0.15, -0.1) is 12.4 Å². The first-order valence-corrected chi connectivity index (χ1v) is 6.69. The lowest BCUT2D eigenvalue weighted by molar-refractivity contribution is 0.564. The third kappa shape index (κ3) is 2.64. The average Bonchev–Trinajstić information content (AvgIpc) is 2.77. The highest BCUT2D eigenvalue weighted by Crippen LogP contribution is 2.43. The Balaban J connectivity index is 0.00000133. The SMILES string of the molecule is CNC1CC(c2cccc(Cl)c2)c2ccccc21.Cl. The normalized spacial score (nSPS) is 20.7. The molecule has 0 saturated heterocycles. The van der Waals surface area contributed by atoms with Gasteiger partial charge in [-0.05, 0) is 42.3 Å². The zero-order valence-corrected chi connectivity index (χ0v) is 12.3. The summed E-state index contributed by atoms with van der Waals surface area (Å²) in [4.78, 5) is 0. The van der Waals surface area contributed by atoms with Crippen LogP contribution in [0.2, 0.25) is 5.02 Å². The molecular weight excluding hydrogens is 277 g/mol. The highest BCUT2D eigenvalue weighted by molar-refractivity contribution is 6.30. The average molecular weight is 294 g/mol. The van der Waals surface area contributed by atoms with Crippen LogP contribution in [0.3, 0.4) is 0 Å². The topological polar surface area (TPSA) is 12.0 Å². The second kappa shape index (κ2) is 5.96. The third-order valence-electron chi connectivity index (χ3n) is 3.82. The molecule has 2 atom stereocenters. The van der Waals surface area contributed by atoms with Crippen molar-refractivity contribution in [2.45, 2.75) is 18.4 Å². The van der Waals surface area contributed by atoms with Crippen LogP contribution in [-0.2, 0) is 0 Å². The molecule has 0 aliphatic heterocycles. The molecule has 0 bridgehead atoms. The molecule has 1 aliphatic carbocycles. The molecule has 1 N–H and O–H groups in total. The molecule has 100 valence electrons. The molecule has 0 amide bonds. The fraction of sp³-hybridized carbons (Fsp3) is 0.250. The van der Waals surface area contributed by atoms with Gasteiger partial charge in [-0.1, -0.05) is 48.0 Å². The number of fused-ring (bicyclic) bond motifs is 1. The van der Waals surface area contributed by atoms with Gasteiger partial charge in [-0.25, -0.2) is 0 Å². The van der Waals surface area contributed by atoms with Crippen LogP contribution >= 0.6 is 24.0 Å². The molecule has 0 heterocycles. The van der Waals surface area contributed by atoms with Gasteiger partial charge in [0.15, 0.2) is 0 Å². The van der Waals surface area contributed by atoms with Crippen molar-refractivity contribution in [1.29, 1.82) is 0 Å². The zero-order chi connectivity index (χ0) is 12.5. The van der Waals surface area contributed by atoms with Crippen molar-refractivity contribution in [3.63, 3.8) is 0 Å². The molecular formula is C16H17Cl2N. The van der Waals surface area contributed by atoms with Crippen LogP contribution in [0.1, 0.15) is 35.1 Å². The standard InChI is InChI=1S/C16H16ClN.ClH/c1-18-16-10-15(11-5-4-6-12(17)9-11)13-7-2-3-8-14(13)16;/h2-9,15-16,18H,10H2,1H3;1H. The lowest BCUT2D eigenvalue weighted by Gasteiger charge is -2.12. The fourth-order valence-corrected chi connectivity index (χ4v) is 3.15. The van der Waals surface area contributed by atoms with Crippen LogP contribution < -0.4 is 5.32 Å². The van der Waals surface area contributed by atoms with Crippen LogP contribution in [0.5, 0.6) is 0 Å². The van der Waals surface area contributed by atoms with Crippen LogP contribution in [0.15, 0.2) is 48.5 Å². The molecule has 19 heavy (non-hydrogen) atoms. The molecule has 0 radical (unpaired) electrons. The van der Waals surface area contributed by atoms with Crippen molar-refractivity contribution in [3.05, 3.63) is 70.2 Å². The van der Waals surface area contributed by atoms with E-state index in [1.807, 2.05) is 19.2 Å². The van der Waals surface area contributed by atoms with Crippen LogP contribution in [0.4, 0.5) is 0 Å². The summed E-state index contributed by atoms with van der Waals surface area (Å²) in [5, 5.41) is 4.22. The number of hydrogen-bond acceptors (Lipinski definition) is 1. The van der Waals surface area contributed by atoms with E-state index < -0.39 is 0 Å². The van der Waals surface area contributed by atoms with E-state index in [4.69, 9.17) is 11.6 Å². The quantitative estimate of drug-likeness (QED) is 0.856. The van der Waals surface area contributed by atoms with E-state index in [-0.39, 0.29) is 12.4 Å². The van der Waals surface area contributed by atoms with Crippen molar-refractivity contribution < 1.29 is 0 Å². The van der Waals surface area contributed by atoms with Gasteiger partial charge < -0.3 is 5.32 Å². The van der Waals surface area contributed by atoms with E-state index in [9.17, 15) is 0 Å². The minimum Gasteiger partial charge on any atom is -0.313 e. The molecule has 1 aliphatic rings. The van der Waals surface area contributed by atoms with Gasteiger partial charge in [0.1, 0.15) is 0 Å². The van der Waals surface area contributed by atoms with Gasteiger partial charge in [0, 0.05) is 17.0 Å². The minimum absolute atomic E-state index is 0. The first kappa shape index (κ1) is 14.4. The van der Waals surface area contributed by atoms with Crippen molar-refractivity contribution in [3.8, 4) is 0 Å². The lowest BCUT2D eigenvalue weighted by atomic mass is 9.93. The van der Waals surface area contributed by atoms with E-state index in [0.29, 0.717) is 12.0 Å². The monoisotopic (exact) mass is 293 g/mol. The Morgan fingerprint density at radius 1 is 1.05 bits per heavy atom. The summed E-state index contributed by atoms with van der Waals surface area (Å²) in [6.07, 6.45) is 1.11. The Bertz CT molecular complexity index is 568. The van der Waals surface area contributed by atoms with Gasteiger partial charge in [-0.2, -0.15) is 0 Å². The van der Waals surface area contributed by atoms with E-state index in [1.165, 1.54) is 16.7 Å². The van der Waals surface area contributed by atoms with Crippen molar-refractivity contribution in [2.24, 2.45) is 0 Å². The molecule has 1 nitrogen and oxygen atoms in total. The highest BCUT2D eigenvalue weighted by Gasteiger charge is 2.30. The van der Waals surface area contributed by atoms with Gasteiger partial charge in [0.05, 0.1) is 0 Å². The minimum atomic E-state index is 0. The van der Waals surface area contributed by atoms with E-state index in [1.54, 1.807) is 0 Å². The molecule has 2 unspecified atom stereocenters. The summed E-state index contributed by atoms with van der Waals surface area (Å²) in [6.45, 7) is 0. The number of nitrogens with one attached hydrogen (secondary N) is 1. The second-order valence-corrected chi connectivity index (χ2v) is 5.25. The molecule has 2 aromatic carbocycles. The zero-order valence-electron chi connectivity index (χ0n) is 10.8. The third-order valence-corrected chi connectivity index (χ3v) is 4.05. The fourth-order valence-electron chi connectivity index (χ4n) is 2.95. The summed E-state index contributed by atoms with van der Waals surface area (Å²) in [6, 6.07) is 17.4. The van der Waals surface area contributed by atoms with E-state index in [2.05, 4.69) is 41.7 Å². The predicted octanol–water partition coefficient (Wildman–Crippen LogP) is 4.56. The molecule has 3 heteroatoms. The molecule has 0 saturated carbocycles. The van der Waals surface area contributed by atoms with E-state index in [0.717, 1.165) is 11.4 Å². The summed E-state index contributed by atoms with van der Waals surface area (Å²) in [7, 11) is 2.03. The predicted molar refractivity (Wildman–Crippen MR) is 83.4 cm³/mol. The first-order valence-electron chi connectivity index (χ1n) is 6.31. The number of rotatable bonds is 2. The molecule has 0 aromatic heterocycles. The second-order valence-electron chi connectivity index (χ2n) is 4.81. The maximum absolute atomic E-state index is 6.10. The van der Waals surface area contributed by atoms with Gasteiger partial charge in [0.25, 0.3) is 0 Å². The first-order chi connectivity index (χ1) is 8.79. The van der Waals surface area contributed by atoms with Crippen LogP contribution in [-0.4, -0.2) is 7.05 Å². The van der Waals surface area contributed by atoms with Gasteiger partial charge >= 0.3 is 0 Å². The Morgan fingerprint density at radius 2 is 1.79 bits per heavy atom. The van der Waals surface area contributed by atoms with Gasteiger partial charge in [-0.3, -0.25) is 0 Å². The number of halogens is 2. The van der Waals surface area contributed by atoms with Gasteiger partial charge in [0.2, 0.25) is 0 Å². The van der Waals surface area contributed by atoms with Crippen molar-refractivity contribution >= 4 is 24.0 Å². The van der Waals surface area contributed by atoms with Crippen molar-refractivity contribution in [1.82, 2.24) is 5.32 Å². The Morgan fingerprint density at radius 3 is 2.47 bits per heavy atom. The molecule has 3 rings (SSSR count). The Labute approximate surface area is 125 Å².